The predicted octanol–water partition coefficient (Wildman–Crippen LogP) is 2.67. The van der Waals surface area contributed by atoms with Gasteiger partial charge in [0.2, 0.25) is 5.89 Å². The molecular formula is C13H15N3O3. The Balaban J connectivity index is 2.41. The third kappa shape index (κ3) is 2.79. The van der Waals surface area contributed by atoms with E-state index in [0.29, 0.717) is 12.1 Å². The van der Waals surface area contributed by atoms with Gasteiger partial charge in [-0.2, -0.15) is 0 Å². The Hall–Kier alpha value is -2.21. The number of nitrogens with one attached hydrogen (secondary N) is 1. The SMILES string of the molecule is CCNCc1coc(-c2c(C)cccc2[N+](=O)[O-])n1. The number of rotatable bonds is 5. The Kier molecular flexibility index (Phi) is 3.91. The van der Waals surface area contributed by atoms with Crippen molar-refractivity contribution in [1.82, 2.24) is 10.3 Å². The maximum absolute atomic E-state index is 11.0. The van der Waals surface area contributed by atoms with Crippen molar-refractivity contribution in [3.8, 4) is 11.5 Å². The van der Waals surface area contributed by atoms with Gasteiger partial charge in [0, 0.05) is 12.6 Å². The molecule has 19 heavy (non-hydrogen) atoms. The Morgan fingerprint density at radius 3 is 2.95 bits per heavy atom. The zero-order valence-electron chi connectivity index (χ0n) is 10.8. The van der Waals surface area contributed by atoms with E-state index in [-0.39, 0.29) is 11.6 Å². The first-order chi connectivity index (χ1) is 9.13. The number of nitro benzene ring substituents is 1. The van der Waals surface area contributed by atoms with Gasteiger partial charge in [-0.05, 0) is 19.0 Å². The second kappa shape index (κ2) is 5.62. The molecule has 1 aromatic heterocycles. The van der Waals surface area contributed by atoms with Crippen LogP contribution in [0.4, 0.5) is 5.69 Å². The molecule has 0 bridgehead atoms. The van der Waals surface area contributed by atoms with Crippen molar-refractivity contribution in [2.75, 3.05) is 6.54 Å². The van der Waals surface area contributed by atoms with Gasteiger partial charge in [-0.15, -0.1) is 0 Å². The molecule has 1 N–H and O–H groups in total. The smallest absolute Gasteiger partial charge is 0.282 e. The monoisotopic (exact) mass is 261 g/mol. The lowest BCUT2D eigenvalue weighted by molar-refractivity contribution is -0.384. The van der Waals surface area contributed by atoms with Gasteiger partial charge in [0.05, 0.1) is 10.6 Å². The molecule has 0 saturated heterocycles. The van der Waals surface area contributed by atoms with E-state index in [2.05, 4.69) is 10.3 Å². The van der Waals surface area contributed by atoms with E-state index < -0.39 is 4.92 Å². The minimum atomic E-state index is -0.420. The third-order valence-corrected chi connectivity index (χ3v) is 2.77. The number of hydrogen-bond acceptors (Lipinski definition) is 5. The largest absolute Gasteiger partial charge is 0.444 e. The zero-order chi connectivity index (χ0) is 13.8. The second-order valence-electron chi connectivity index (χ2n) is 4.15. The van der Waals surface area contributed by atoms with Crippen molar-refractivity contribution < 1.29 is 9.34 Å². The van der Waals surface area contributed by atoms with E-state index in [9.17, 15) is 10.1 Å². The van der Waals surface area contributed by atoms with E-state index in [1.165, 1.54) is 12.3 Å². The molecule has 0 saturated carbocycles. The van der Waals surface area contributed by atoms with Crippen LogP contribution in [0.3, 0.4) is 0 Å². The average molecular weight is 261 g/mol. The van der Waals surface area contributed by atoms with Gasteiger partial charge < -0.3 is 9.73 Å². The topological polar surface area (TPSA) is 81.2 Å². The van der Waals surface area contributed by atoms with Crippen LogP contribution in [0.5, 0.6) is 0 Å². The van der Waals surface area contributed by atoms with Crippen LogP contribution in [0, 0.1) is 17.0 Å². The minimum absolute atomic E-state index is 0.0110. The summed E-state index contributed by atoms with van der Waals surface area (Å²) in [6.45, 7) is 5.20. The summed E-state index contributed by atoms with van der Waals surface area (Å²) in [4.78, 5) is 14.9. The van der Waals surface area contributed by atoms with Gasteiger partial charge >= 0.3 is 0 Å². The van der Waals surface area contributed by atoms with Crippen molar-refractivity contribution >= 4 is 5.69 Å². The van der Waals surface area contributed by atoms with E-state index in [4.69, 9.17) is 4.42 Å². The van der Waals surface area contributed by atoms with Crippen LogP contribution >= 0.6 is 0 Å². The van der Waals surface area contributed by atoms with Crippen molar-refractivity contribution in [3.63, 3.8) is 0 Å². The first kappa shape index (κ1) is 13.2. The highest BCUT2D eigenvalue weighted by Gasteiger charge is 2.21. The van der Waals surface area contributed by atoms with Gasteiger partial charge in [-0.1, -0.05) is 19.1 Å². The molecule has 2 aromatic rings. The summed E-state index contributed by atoms with van der Waals surface area (Å²) in [5.74, 6) is 0.290. The van der Waals surface area contributed by atoms with Crippen molar-refractivity contribution in [2.45, 2.75) is 20.4 Å². The van der Waals surface area contributed by atoms with Gasteiger partial charge in [0.25, 0.3) is 5.69 Å². The van der Waals surface area contributed by atoms with Crippen molar-refractivity contribution in [1.29, 1.82) is 0 Å². The first-order valence-corrected chi connectivity index (χ1v) is 6.03. The van der Waals surface area contributed by atoms with E-state index >= 15 is 0 Å². The second-order valence-corrected chi connectivity index (χ2v) is 4.15. The Labute approximate surface area is 110 Å². The van der Waals surface area contributed by atoms with Crippen LogP contribution in [-0.2, 0) is 6.54 Å². The molecule has 0 amide bonds. The average Bonchev–Trinajstić information content (AvgIpc) is 2.84. The molecule has 1 heterocycles. The Bertz CT molecular complexity index is 593. The van der Waals surface area contributed by atoms with Gasteiger partial charge in [0.1, 0.15) is 11.8 Å². The lowest BCUT2D eigenvalue weighted by atomic mass is 10.1. The van der Waals surface area contributed by atoms with Gasteiger partial charge in [-0.25, -0.2) is 4.98 Å². The molecule has 0 spiro atoms. The highest BCUT2D eigenvalue weighted by atomic mass is 16.6. The lowest BCUT2D eigenvalue weighted by Crippen LogP contribution is -2.11. The summed E-state index contributed by atoms with van der Waals surface area (Å²) in [6.07, 6.45) is 1.52. The van der Waals surface area contributed by atoms with Crippen molar-refractivity contribution in [2.24, 2.45) is 0 Å². The zero-order valence-corrected chi connectivity index (χ0v) is 10.8. The first-order valence-electron chi connectivity index (χ1n) is 6.03. The number of benzene rings is 1. The molecule has 0 aliphatic carbocycles. The van der Waals surface area contributed by atoms with Crippen LogP contribution in [0.25, 0.3) is 11.5 Å². The highest BCUT2D eigenvalue weighted by Crippen LogP contribution is 2.32. The fourth-order valence-electron chi connectivity index (χ4n) is 1.84. The molecule has 0 aliphatic heterocycles. The maximum Gasteiger partial charge on any atom is 0.282 e. The van der Waals surface area contributed by atoms with Crippen LogP contribution in [0.15, 0.2) is 28.9 Å². The van der Waals surface area contributed by atoms with E-state index in [0.717, 1.165) is 17.8 Å². The van der Waals surface area contributed by atoms with Crippen LogP contribution in [-0.4, -0.2) is 16.5 Å². The van der Waals surface area contributed by atoms with Crippen LogP contribution < -0.4 is 5.32 Å². The summed E-state index contributed by atoms with van der Waals surface area (Å²) < 4.78 is 5.36. The van der Waals surface area contributed by atoms with Crippen LogP contribution in [0.1, 0.15) is 18.2 Å². The molecular weight excluding hydrogens is 246 g/mol. The standard InChI is InChI=1S/C13H15N3O3/c1-3-14-7-10-8-19-13(15-10)12-9(2)5-4-6-11(12)16(17)18/h4-6,8,14H,3,7H2,1-2H3. The molecule has 0 radical (unpaired) electrons. The van der Waals surface area contributed by atoms with E-state index in [1.807, 2.05) is 6.92 Å². The Morgan fingerprint density at radius 2 is 2.26 bits per heavy atom. The molecule has 1 aromatic carbocycles. The normalized spacial score (nSPS) is 10.6. The predicted molar refractivity (Wildman–Crippen MR) is 70.7 cm³/mol. The summed E-state index contributed by atoms with van der Waals surface area (Å²) in [7, 11) is 0. The summed E-state index contributed by atoms with van der Waals surface area (Å²) in [5.41, 5.74) is 1.95. The van der Waals surface area contributed by atoms with Crippen LogP contribution in [0.2, 0.25) is 0 Å². The van der Waals surface area contributed by atoms with Gasteiger partial charge in [0.15, 0.2) is 0 Å². The molecule has 0 unspecified atom stereocenters. The van der Waals surface area contributed by atoms with Crippen molar-refractivity contribution in [3.05, 3.63) is 45.8 Å². The number of nitro groups is 1. The van der Waals surface area contributed by atoms with E-state index in [1.54, 1.807) is 19.1 Å². The fourth-order valence-corrected chi connectivity index (χ4v) is 1.84. The molecule has 100 valence electrons. The molecule has 0 aliphatic rings. The minimum Gasteiger partial charge on any atom is -0.444 e. The summed E-state index contributed by atoms with van der Waals surface area (Å²) in [6, 6.07) is 4.91. The Morgan fingerprint density at radius 1 is 1.47 bits per heavy atom. The molecule has 0 atom stereocenters. The molecule has 0 fully saturated rings. The third-order valence-electron chi connectivity index (χ3n) is 2.77. The highest BCUT2D eigenvalue weighted by molar-refractivity contribution is 5.70. The molecule has 2 rings (SSSR count). The van der Waals surface area contributed by atoms with Gasteiger partial charge in [-0.3, -0.25) is 10.1 Å². The maximum atomic E-state index is 11.0. The summed E-state index contributed by atoms with van der Waals surface area (Å²) >= 11 is 0. The summed E-state index contributed by atoms with van der Waals surface area (Å²) in [5, 5.41) is 14.2. The quantitative estimate of drug-likeness (QED) is 0.661. The number of aryl methyl sites for hydroxylation is 1. The lowest BCUT2D eigenvalue weighted by Gasteiger charge is -2.02. The number of aromatic nitrogens is 1. The number of oxazole rings is 1. The molecule has 6 nitrogen and oxygen atoms in total. The fraction of sp³-hybridized carbons (Fsp3) is 0.308. The number of hydrogen-bond donors (Lipinski definition) is 1. The molecule has 6 heteroatoms. The number of nitrogens with zero attached hydrogens (tertiary/aromatic N) is 2.